The molecular formula is C19H21F3N2O. The maximum absolute atomic E-state index is 12.3. The third-order valence-corrected chi connectivity index (χ3v) is 4.30. The summed E-state index contributed by atoms with van der Waals surface area (Å²) in [6.07, 6.45) is -1.06. The SMILES string of the molecule is Cc1cccc(N2CCCCC2)c1Nc1ccc(OC(F)(F)F)cc1. The quantitative estimate of drug-likeness (QED) is 0.774. The fourth-order valence-corrected chi connectivity index (χ4v) is 3.10. The number of alkyl halides is 3. The molecule has 1 aliphatic heterocycles. The highest BCUT2D eigenvalue weighted by Crippen LogP contribution is 2.34. The van der Waals surface area contributed by atoms with Crippen molar-refractivity contribution in [2.45, 2.75) is 32.5 Å². The van der Waals surface area contributed by atoms with Gasteiger partial charge in [0, 0.05) is 18.8 Å². The topological polar surface area (TPSA) is 24.5 Å². The zero-order valence-electron chi connectivity index (χ0n) is 14.1. The van der Waals surface area contributed by atoms with E-state index in [2.05, 4.69) is 21.0 Å². The largest absolute Gasteiger partial charge is 0.573 e. The second kappa shape index (κ2) is 7.25. The third-order valence-electron chi connectivity index (χ3n) is 4.30. The number of nitrogens with zero attached hydrogens (tertiary/aromatic N) is 1. The average Bonchev–Trinajstić information content (AvgIpc) is 2.58. The molecule has 0 spiro atoms. The van der Waals surface area contributed by atoms with Crippen LogP contribution in [-0.2, 0) is 0 Å². The summed E-state index contributed by atoms with van der Waals surface area (Å²) in [6.45, 7) is 4.07. The Labute approximate surface area is 145 Å². The van der Waals surface area contributed by atoms with E-state index in [9.17, 15) is 13.2 Å². The molecule has 2 aromatic carbocycles. The Kier molecular flexibility index (Phi) is 5.06. The van der Waals surface area contributed by atoms with Gasteiger partial charge in [0.1, 0.15) is 5.75 Å². The summed E-state index contributed by atoms with van der Waals surface area (Å²) < 4.78 is 40.7. The van der Waals surface area contributed by atoms with E-state index in [1.54, 1.807) is 12.1 Å². The predicted octanol–water partition coefficient (Wildman–Crippen LogP) is 5.63. The summed E-state index contributed by atoms with van der Waals surface area (Å²) in [5.41, 5.74) is 3.95. The molecule has 0 aromatic heterocycles. The molecule has 1 heterocycles. The summed E-state index contributed by atoms with van der Waals surface area (Å²) in [5.74, 6) is -0.223. The van der Waals surface area contributed by atoms with Crippen LogP contribution in [0.1, 0.15) is 24.8 Å². The molecule has 2 aromatic rings. The molecule has 0 amide bonds. The number of benzene rings is 2. The van der Waals surface area contributed by atoms with Crippen molar-refractivity contribution in [2.24, 2.45) is 0 Å². The molecule has 0 aliphatic carbocycles. The van der Waals surface area contributed by atoms with Crippen LogP contribution in [-0.4, -0.2) is 19.5 Å². The van der Waals surface area contributed by atoms with Crippen molar-refractivity contribution >= 4 is 17.1 Å². The smallest absolute Gasteiger partial charge is 0.406 e. The van der Waals surface area contributed by atoms with E-state index < -0.39 is 6.36 Å². The molecule has 1 saturated heterocycles. The number of piperidine rings is 1. The van der Waals surface area contributed by atoms with Gasteiger partial charge in [-0.3, -0.25) is 0 Å². The summed E-state index contributed by atoms with van der Waals surface area (Å²) in [7, 11) is 0. The Balaban J connectivity index is 1.80. The highest BCUT2D eigenvalue weighted by Gasteiger charge is 2.31. The minimum absolute atomic E-state index is 0.223. The maximum atomic E-state index is 12.3. The van der Waals surface area contributed by atoms with E-state index in [4.69, 9.17) is 0 Å². The van der Waals surface area contributed by atoms with Crippen molar-refractivity contribution in [1.29, 1.82) is 0 Å². The van der Waals surface area contributed by atoms with E-state index in [0.717, 1.165) is 35.7 Å². The lowest BCUT2D eigenvalue weighted by molar-refractivity contribution is -0.274. The van der Waals surface area contributed by atoms with E-state index in [-0.39, 0.29) is 5.75 Å². The van der Waals surface area contributed by atoms with Crippen LogP contribution in [0.25, 0.3) is 0 Å². The van der Waals surface area contributed by atoms with Crippen LogP contribution in [0.15, 0.2) is 42.5 Å². The van der Waals surface area contributed by atoms with Gasteiger partial charge in [-0.1, -0.05) is 12.1 Å². The fourth-order valence-electron chi connectivity index (χ4n) is 3.10. The molecule has 0 unspecified atom stereocenters. The van der Waals surface area contributed by atoms with Gasteiger partial charge in [-0.25, -0.2) is 0 Å². The van der Waals surface area contributed by atoms with Gasteiger partial charge in [-0.05, 0) is 62.1 Å². The standard InChI is InChI=1S/C19H21F3N2O/c1-14-6-5-7-17(24-12-3-2-4-13-24)18(14)23-15-8-10-16(11-9-15)25-19(20,21)22/h5-11,23H,2-4,12-13H2,1H3. The number of halogens is 3. The molecule has 0 bridgehead atoms. The normalized spacial score (nSPS) is 15.1. The molecule has 134 valence electrons. The molecular weight excluding hydrogens is 329 g/mol. The van der Waals surface area contributed by atoms with Crippen LogP contribution in [0, 0.1) is 6.92 Å². The molecule has 1 fully saturated rings. The number of rotatable bonds is 4. The van der Waals surface area contributed by atoms with E-state index in [1.807, 2.05) is 19.1 Å². The zero-order valence-corrected chi connectivity index (χ0v) is 14.1. The van der Waals surface area contributed by atoms with Crippen molar-refractivity contribution in [3.05, 3.63) is 48.0 Å². The van der Waals surface area contributed by atoms with Gasteiger partial charge in [0.2, 0.25) is 0 Å². The first kappa shape index (κ1) is 17.5. The number of para-hydroxylation sites is 1. The first-order valence-electron chi connectivity index (χ1n) is 8.40. The van der Waals surface area contributed by atoms with Crippen LogP contribution in [0.5, 0.6) is 5.75 Å². The van der Waals surface area contributed by atoms with Crippen LogP contribution in [0.2, 0.25) is 0 Å². The summed E-state index contributed by atoms with van der Waals surface area (Å²) in [5, 5.41) is 3.35. The van der Waals surface area contributed by atoms with E-state index >= 15 is 0 Å². The number of hydrogen-bond acceptors (Lipinski definition) is 3. The molecule has 0 radical (unpaired) electrons. The van der Waals surface area contributed by atoms with Crippen LogP contribution in [0.4, 0.5) is 30.2 Å². The van der Waals surface area contributed by atoms with Gasteiger partial charge in [0.15, 0.2) is 0 Å². The number of hydrogen-bond donors (Lipinski definition) is 1. The first-order chi connectivity index (χ1) is 11.9. The molecule has 6 heteroatoms. The monoisotopic (exact) mass is 350 g/mol. The van der Waals surface area contributed by atoms with Crippen molar-refractivity contribution in [2.75, 3.05) is 23.3 Å². The lowest BCUT2D eigenvalue weighted by atomic mass is 10.1. The number of ether oxygens (including phenoxy) is 1. The Morgan fingerprint density at radius 2 is 1.64 bits per heavy atom. The first-order valence-corrected chi connectivity index (χ1v) is 8.40. The Hall–Kier alpha value is -2.37. The van der Waals surface area contributed by atoms with Crippen LogP contribution < -0.4 is 15.0 Å². The number of aryl methyl sites for hydroxylation is 1. The van der Waals surface area contributed by atoms with Gasteiger partial charge in [-0.15, -0.1) is 13.2 Å². The molecule has 25 heavy (non-hydrogen) atoms. The summed E-state index contributed by atoms with van der Waals surface area (Å²) >= 11 is 0. The Bertz CT molecular complexity index is 708. The minimum atomic E-state index is -4.67. The van der Waals surface area contributed by atoms with Gasteiger partial charge >= 0.3 is 6.36 Å². The lowest BCUT2D eigenvalue weighted by Crippen LogP contribution is -2.30. The Morgan fingerprint density at radius 3 is 2.28 bits per heavy atom. The summed E-state index contributed by atoms with van der Waals surface area (Å²) in [6, 6.07) is 12.0. The van der Waals surface area contributed by atoms with E-state index in [1.165, 1.54) is 31.4 Å². The molecule has 1 N–H and O–H groups in total. The highest BCUT2D eigenvalue weighted by molar-refractivity contribution is 5.78. The van der Waals surface area contributed by atoms with Crippen molar-refractivity contribution in [1.82, 2.24) is 0 Å². The van der Waals surface area contributed by atoms with Crippen LogP contribution in [0.3, 0.4) is 0 Å². The van der Waals surface area contributed by atoms with Crippen LogP contribution >= 0.6 is 0 Å². The fraction of sp³-hybridized carbons (Fsp3) is 0.368. The van der Waals surface area contributed by atoms with Gasteiger partial charge < -0.3 is 15.0 Å². The second-order valence-electron chi connectivity index (χ2n) is 6.21. The molecule has 3 nitrogen and oxygen atoms in total. The molecule has 0 atom stereocenters. The number of anilines is 3. The van der Waals surface area contributed by atoms with Crippen molar-refractivity contribution < 1.29 is 17.9 Å². The van der Waals surface area contributed by atoms with Crippen molar-refractivity contribution in [3.63, 3.8) is 0 Å². The molecule has 0 saturated carbocycles. The van der Waals surface area contributed by atoms with Gasteiger partial charge in [0.25, 0.3) is 0 Å². The molecule has 1 aliphatic rings. The molecule has 3 rings (SSSR count). The highest BCUT2D eigenvalue weighted by atomic mass is 19.4. The zero-order chi connectivity index (χ0) is 17.9. The van der Waals surface area contributed by atoms with Gasteiger partial charge in [0.05, 0.1) is 11.4 Å². The summed E-state index contributed by atoms with van der Waals surface area (Å²) in [4.78, 5) is 2.36. The second-order valence-corrected chi connectivity index (χ2v) is 6.21. The lowest BCUT2D eigenvalue weighted by Gasteiger charge is -2.31. The third kappa shape index (κ3) is 4.59. The van der Waals surface area contributed by atoms with E-state index in [0.29, 0.717) is 0 Å². The predicted molar refractivity (Wildman–Crippen MR) is 93.7 cm³/mol. The average molecular weight is 350 g/mol. The van der Waals surface area contributed by atoms with Gasteiger partial charge in [-0.2, -0.15) is 0 Å². The minimum Gasteiger partial charge on any atom is -0.406 e. The maximum Gasteiger partial charge on any atom is 0.573 e. The van der Waals surface area contributed by atoms with Crippen molar-refractivity contribution in [3.8, 4) is 5.75 Å². The number of nitrogens with one attached hydrogen (secondary N) is 1. The Morgan fingerprint density at radius 1 is 0.960 bits per heavy atom.